The summed E-state index contributed by atoms with van der Waals surface area (Å²) >= 11 is 1.63. The van der Waals surface area contributed by atoms with Crippen LogP contribution in [-0.4, -0.2) is 11.3 Å². The van der Waals surface area contributed by atoms with Crippen LogP contribution in [0.2, 0.25) is 0 Å². The first kappa shape index (κ1) is 16.7. The number of thiophene rings is 1. The Labute approximate surface area is 147 Å². The van der Waals surface area contributed by atoms with E-state index in [0.717, 1.165) is 24.3 Å². The summed E-state index contributed by atoms with van der Waals surface area (Å²) in [6.45, 7) is 6.87. The number of para-hydroxylation sites is 1. The second-order valence-corrected chi connectivity index (χ2v) is 8.50. The van der Waals surface area contributed by atoms with Gasteiger partial charge in [0.15, 0.2) is 0 Å². The van der Waals surface area contributed by atoms with Gasteiger partial charge >= 0.3 is 0 Å². The molecule has 1 atom stereocenters. The van der Waals surface area contributed by atoms with Gasteiger partial charge in [0.25, 0.3) is 0 Å². The molecular formula is C20H22N2OS. The Morgan fingerprint density at radius 3 is 2.75 bits per heavy atom. The van der Waals surface area contributed by atoms with Crippen molar-refractivity contribution in [3.8, 4) is 11.8 Å². The molecular weight excluding hydrogens is 316 g/mol. The summed E-state index contributed by atoms with van der Waals surface area (Å²) < 4.78 is 0. The maximum Gasteiger partial charge on any atom is 0.134 e. The molecule has 2 aromatic rings. The molecule has 1 N–H and O–H groups in total. The molecule has 3 rings (SSSR count). The highest BCUT2D eigenvalue weighted by Crippen LogP contribution is 2.44. The fourth-order valence-corrected chi connectivity index (χ4v) is 4.46. The van der Waals surface area contributed by atoms with Gasteiger partial charge in [-0.15, -0.1) is 11.3 Å². The smallest absolute Gasteiger partial charge is 0.134 e. The molecule has 3 nitrogen and oxygen atoms in total. The summed E-state index contributed by atoms with van der Waals surface area (Å²) in [5.74, 6) is 0.846. The van der Waals surface area contributed by atoms with Gasteiger partial charge in [-0.2, -0.15) is 5.26 Å². The third-order valence-corrected chi connectivity index (χ3v) is 6.00. The van der Waals surface area contributed by atoms with E-state index in [1.54, 1.807) is 29.7 Å². The summed E-state index contributed by atoms with van der Waals surface area (Å²) in [5.41, 5.74) is 2.86. The Kier molecular flexibility index (Phi) is 4.47. The zero-order valence-electron chi connectivity index (χ0n) is 14.3. The molecule has 1 aromatic heterocycles. The Bertz CT molecular complexity index is 821. The van der Waals surface area contributed by atoms with Gasteiger partial charge in [0.2, 0.25) is 0 Å². The van der Waals surface area contributed by atoms with Crippen molar-refractivity contribution in [3.05, 3.63) is 45.8 Å². The number of nitriles is 1. The highest BCUT2D eigenvalue weighted by atomic mass is 32.1. The second kappa shape index (κ2) is 6.41. The molecule has 0 saturated carbocycles. The van der Waals surface area contributed by atoms with Crippen molar-refractivity contribution < 1.29 is 5.11 Å². The maximum atomic E-state index is 9.85. The van der Waals surface area contributed by atoms with Crippen molar-refractivity contribution in [3.63, 3.8) is 0 Å². The number of aliphatic imine (C=N–C) groups is 1. The lowest BCUT2D eigenvalue weighted by Crippen LogP contribution is -2.26. The Balaban J connectivity index is 1.93. The van der Waals surface area contributed by atoms with E-state index >= 15 is 0 Å². The summed E-state index contributed by atoms with van der Waals surface area (Å²) in [7, 11) is 0. The van der Waals surface area contributed by atoms with Gasteiger partial charge in [-0.25, -0.2) is 4.99 Å². The summed E-state index contributed by atoms with van der Waals surface area (Å²) in [6, 6.07) is 9.44. The van der Waals surface area contributed by atoms with Crippen LogP contribution in [0.3, 0.4) is 0 Å². The molecule has 1 aromatic carbocycles. The standard InChI is InChI=1S/C20H22N2OS/c1-20(2,3)14-8-9-15-16(11-21)19(24-18(15)10-14)22-12-13-6-4-5-7-17(13)23/h4-7,12,14,23H,8-10H2,1-3H3/b22-12+. The second-order valence-electron chi connectivity index (χ2n) is 7.42. The molecule has 0 radical (unpaired) electrons. The zero-order chi connectivity index (χ0) is 17.3. The van der Waals surface area contributed by atoms with Crippen LogP contribution in [0, 0.1) is 22.7 Å². The van der Waals surface area contributed by atoms with E-state index in [9.17, 15) is 10.4 Å². The van der Waals surface area contributed by atoms with Crippen LogP contribution in [0.4, 0.5) is 5.00 Å². The van der Waals surface area contributed by atoms with E-state index < -0.39 is 0 Å². The van der Waals surface area contributed by atoms with Crippen LogP contribution in [-0.2, 0) is 12.8 Å². The Morgan fingerprint density at radius 2 is 2.08 bits per heavy atom. The predicted molar refractivity (Wildman–Crippen MR) is 99.4 cm³/mol. The number of phenols is 1. The topological polar surface area (TPSA) is 56.4 Å². The third-order valence-electron chi connectivity index (χ3n) is 4.84. The number of phenolic OH excluding ortho intramolecular Hbond substituents is 1. The van der Waals surface area contributed by atoms with E-state index in [0.29, 0.717) is 17.0 Å². The fraction of sp³-hybridized carbons (Fsp3) is 0.400. The van der Waals surface area contributed by atoms with Crippen molar-refractivity contribution in [2.45, 2.75) is 40.0 Å². The number of hydrogen-bond donors (Lipinski definition) is 1. The first-order valence-electron chi connectivity index (χ1n) is 8.27. The molecule has 1 aliphatic rings. The van der Waals surface area contributed by atoms with Gasteiger partial charge in [0.1, 0.15) is 16.8 Å². The monoisotopic (exact) mass is 338 g/mol. The molecule has 24 heavy (non-hydrogen) atoms. The van der Waals surface area contributed by atoms with Crippen LogP contribution in [0.25, 0.3) is 0 Å². The Morgan fingerprint density at radius 1 is 1.33 bits per heavy atom. The van der Waals surface area contributed by atoms with Crippen molar-refractivity contribution in [1.82, 2.24) is 0 Å². The molecule has 4 heteroatoms. The number of fused-ring (bicyclic) bond motifs is 1. The maximum absolute atomic E-state index is 9.85. The number of rotatable bonds is 2. The van der Waals surface area contributed by atoms with Crippen LogP contribution >= 0.6 is 11.3 Å². The lowest BCUT2D eigenvalue weighted by Gasteiger charge is -2.33. The predicted octanol–water partition coefficient (Wildman–Crippen LogP) is 5.23. The summed E-state index contributed by atoms with van der Waals surface area (Å²) in [5, 5.41) is 20.2. The number of benzene rings is 1. The van der Waals surface area contributed by atoms with Crippen molar-refractivity contribution >= 4 is 22.6 Å². The first-order chi connectivity index (χ1) is 11.4. The van der Waals surface area contributed by atoms with Crippen molar-refractivity contribution in [2.75, 3.05) is 0 Å². The molecule has 0 amide bonds. The van der Waals surface area contributed by atoms with E-state index in [1.165, 1.54) is 10.4 Å². The van der Waals surface area contributed by atoms with Gasteiger partial charge in [-0.3, -0.25) is 0 Å². The SMILES string of the molecule is CC(C)(C)C1CCc2c(sc(/N=C/c3ccccc3O)c2C#N)C1. The molecule has 1 aliphatic carbocycles. The Hall–Kier alpha value is -2.12. The van der Waals surface area contributed by atoms with Crippen molar-refractivity contribution in [1.29, 1.82) is 5.26 Å². The van der Waals surface area contributed by atoms with E-state index in [-0.39, 0.29) is 11.2 Å². The third kappa shape index (κ3) is 3.22. The molecule has 124 valence electrons. The number of nitrogens with zero attached hydrogens (tertiary/aromatic N) is 2. The van der Waals surface area contributed by atoms with Gasteiger partial charge < -0.3 is 5.11 Å². The molecule has 1 heterocycles. The van der Waals surface area contributed by atoms with Crippen LogP contribution in [0.1, 0.15) is 48.8 Å². The van der Waals surface area contributed by atoms with Gasteiger partial charge in [0.05, 0.1) is 5.56 Å². The molecule has 1 unspecified atom stereocenters. The summed E-state index contributed by atoms with van der Waals surface area (Å²) in [4.78, 5) is 5.82. The molecule has 0 bridgehead atoms. The van der Waals surface area contributed by atoms with E-state index in [2.05, 4.69) is 31.8 Å². The lowest BCUT2D eigenvalue weighted by molar-refractivity contribution is 0.218. The van der Waals surface area contributed by atoms with E-state index in [4.69, 9.17) is 0 Å². The molecule has 0 spiro atoms. The number of hydrogen-bond acceptors (Lipinski definition) is 4. The van der Waals surface area contributed by atoms with Crippen LogP contribution in [0.5, 0.6) is 5.75 Å². The number of aromatic hydroxyl groups is 1. The minimum Gasteiger partial charge on any atom is -0.507 e. The minimum atomic E-state index is 0.203. The average Bonchev–Trinajstić information content (AvgIpc) is 2.89. The average molecular weight is 338 g/mol. The molecule has 0 aliphatic heterocycles. The largest absolute Gasteiger partial charge is 0.507 e. The quantitative estimate of drug-likeness (QED) is 0.763. The van der Waals surface area contributed by atoms with Gasteiger partial charge in [-0.05, 0) is 48.3 Å². The highest BCUT2D eigenvalue weighted by Gasteiger charge is 2.32. The van der Waals surface area contributed by atoms with Crippen LogP contribution in [0.15, 0.2) is 29.3 Å². The van der Waals surface area contributed by atoms with Gasteiger partial charge in [0, 0.05) is 16.7 Å². The minimum absolute atomic E-state index is 0.203. The first-order valence-corrected chi connectivity index (χ1v) is 9.08. The fourth-order valence-electron chi connectivity index (χ4n) is 3.24. The highest BCUT2D eigenvalue weighted by molar-refractivity contribution is 7.16. The van der Waals surface area contributed by atoms with Crippen molar-refractivity contribution in [2.24, 2.45) is 16.3 Å². The zero-order valence-corrected chi connectivity index (χ0v) is 15.2. The lowest BCUT2D eigenvalue weighted by atomic mass is 9.72. The molecule has 0 fully saturated rings. The van der Waals surface area contributed by atoms with Crippen LogP contribution < -0.4 is 0 Å². The summed E-state index contributed by atoms with van der Waals surface area (Å²) in [6.07, 6.45) is 4.77. The normalized spacial score (nSPS) is 17.7. The van der Waals surface area contributed by atoms with Gasteiger partial charge in [-0.1, -0.05) is 32.9 Å². The molecule has 0 saturated heterocycles. The van der Waals surface area contributed by atoms with E-state index in [1.807, 2.05) is 12.1 Å².